The summed E-state index contributed by atoms with van der Waals surface area (Å²) in [5.74, 6) is 0.410. The van der Waals surface area contributed by atoms with Crippen LogP contribution in [0.4, 0.5) is 0 Å². The number of aromatic nitrogens is 1. The average Bonchev–Trinajstić information content (AvgIpc) is 2.37. The maximum absolute atomic E-state index is 12.3. The lowest BCUT2D eigenvalue weighted by Crippen LogP contribution is -2.34. The maximum atomic E-state index is 12.3. The minimum atomic E-state index is -0.0855. The van der Waals surface area contributed by atoms with Gasteiger partial charge in [-0.3, -0.25) is 4.79 Å². The molecule has 1 aromatic rings. The minimum absolute atomic E-state index is 0.0855. The molecule has 1 aliphatic heterocycles. The molecule has 0 saturated carbocycles. The molecule has 0 unspecified atom stereocenters. The summed E-state index contributed by atoms with van der Waals surface area (Å²) >= 11 is 11.6. The number of carbonyl (C=O) groups excluding carboxylic acids is 1. The summed E-state index contributed by atoms with van der Waals surface area (Å²) in [5, 5.41) is 0.464. The topological polar surface area (TPSA) is 42.4 Å². The Balaban J connectivity index is 2.01. The lowest BCUT2D eigenvalue weighted by Gasteiger charge is -2.27. The zero-order valence-corrected chi connectivity index (χ0v) is 12.2. The van der Waals surface area contributed by atoms with Crippen molar-refractivity contribution in [2.45, 2.75) is 12.8 Å². The van der Waals surface area contributed by atoms with E-state index in [0.717, 1.165) is 32.6 Å². The average molecular weight is 303 g/mol. The number of hydrogen-bond donors (Lipinski definition) is 0. The monoisotopic (exact) mass is 302 g/mol. The third-order valence-electron chi connectivity index (χ3n) is 3.23. The predicted octanol–water partition coefficient (Wildman–Crippen LogP) is 2.89. The molecule has 6 heteroatoms. The van der Waals surface area contributed by atoms with E-state index < -0.39 is 0 Å². The lowest BCUT2D eigenvalue weighted by atomic mass is 9.99. The molecule has 2 rings (SSSR count). The van der Waals surface area contributed by atoms with Gasteiger partial charge in [0.05, 0.1) is 0 Å². The molecular weight excluding hydrogens is 287 g/mol. The second-order valence-electron chi connectivity index (χ2n) is 4.74. The van der Waals surface area contributed by atoms with Crippen LogP contribution >= 0.6 is 23.2 Å². The third kappa shape index (κ3) is 4.06. The number of hydrogen-bond acceptors (Lipinski definition) is 3. The van der Waals surface area contributed by atoms with Gasteiger partial charge >= 0.3 is 0 Å². The van der Waals surface area contributed by atoms with E-state index in [0.29, 0.717) is 11.5 Å². The van der Waals surface area contributed by atoms with Crippen molar-refractivity contribution in [2.24, 2.45) is 5.92 Å². The Morgan fingerprint density at radius 2 is 1.95 bits per heavy atom. The highest BCUT2D eigenvalue weighted by atomic mass is 35.5. The Kier molecular flexibility index (Phi) is 5.02. The number of pyridine rings is 1. The summed E-state index contributed by atoms with van der Waals surface area (Å²) in [6, 6.07) is 3.08. The Labute approximate surface area is 122 Å². The molecular formula is C13H16Cl2N2O2. The van der Waals surface area contributed by atoms with Crippen LogP contribution in [0.5, 0.6) is 0 Å². The first-order valence-corrected chi connectivity index (χ1v) is 6.98. The van der Waals surface area contributed by atoms with Gasteiger partial charge in [0.25, 0.3) is 5.91 Å². The molecule has 104 valence electrons. The normalized spacial score (nSPS) is 16.4. The van der Waals surface area contributed by atoms with Gasteiger partial charge in [-0.25, -0.2) is 4.98 Å². The molecule has 1 amide bonds. The maximum Gasteiger partial charge on any atom is 0.253 e. The fourth-order valence-electron chi connectivity index (χ4n) is 2.21. The van der Waals surface area contributed by atoms with Gasteiger partial charge in [-0.1, -0.05) is 23.2 Å². The van der Waals surface area contributed by atoms with Gasteiger partial charge in [-0.15, -0.1) is 0 Å². The molecule has 0 radical (unpaired) electrons. The van der Waals surface area contributed by atoms with Gasteiger partial charge in [0, 0.05) is 32.4 Å². The quantitative estimate of drug-likeness (QED) is 0.806. The molecule has 0 atom stereocenters. The Morgan fingerprint density at radius 1 is 1.37 bits per heavy atom. The van der Waals surface area contributed by atoms with E-state index in [1.54, 1.807) is 11.9 Å². The Hall–Kier alpha value is -0.840. The molecule has 1 aromatic heterocycles. The van der Waals surface area contributed by atoms with Gasteiger partial charge in [0.15, 0.2) is 0 Å². The molecule has 0 aromatic carbocycles. The second kappa shape index (κ2) is 6.55. The molecule has 0 spiro atoms. The fraction of sp³-hybridized carbons (Fsp3) is 0.538. The van der Waals surface area contributed by atoms with Crippen LogP contribution in [0.3, 0.4) is 0 Å². The summed E-state index contributed by atoms with van der Waals surface area (Å²) in [4.78, 5) is 17.8. The van der Waals surface area contributed by atoms with E-state index in [2.05, 4.69) is 4.98 Å². The van der Waals surface area contributed by atoms with Crippen LogP contribution in [0.1, 0.15) is 23.2 Å². The van der Waals surface area contributed by atoms with Crippen molar-refractivity contribution in [3.05, 3.63) is 28.0 Å². The SMILES string of the molecule is CN(CC1CCOCC1)C(=O)c1cc(Cl)nc(Cl)c1. The minimum Gasteiger partial charge on any atom is -0.381 e. The molecule has 1 fully saturated rings. The Morgan fingerprint density at radius 3 is 2.53 bits per heavy atom. The highest BCUT2D eigenvalue weighted by Gasteiger charge is 2.20. The van der Waals surface area contributed by atoms with Crippen LogP contribution in [-0.2, 0) is 4.74 Å². The van der Waals surface area contributed by atoms with Crippen LogP contribution in [0.25, 0.3) is 0 Å². The number of ether oxygens (including phenoxy) is 1. The molecule has 4 nitrogen and oxygen atoms in total. The van der Waals surface area contributed by atoms with Crippen molar-refractivity contribution in [3.63, 3.8) is 0 Å². The van der Waals surface area contributed by atoms with E-state index in [1.165, 1.54) is 12.1 Å². The first kappa shape index (κ1) is 14.6. The van der Waals surface area contributed by atoms with E-state index in [4.69, 9.17) is 27.9 Å². The summed E-state index contributed by atoms with van der Waals surface area (Å²) in [5.41, 5.74) is 0.472. The fourth-order valence-corrected chi connectivity index (χ4v) is 2.67. The molecule has 2 heterocycles. The molecule has 0 aliphatic carbocycles. The van der Waals surface area contributed by atoms with Crippen molar-refractivity contribution < 1.29 is 9.53 Å². The van der Waals surface area contributed by atoms with Crippen molar-refractivity contribution >= 4 is 29.1 Å². The second-order valence-corrected chi connectivity index (χ2v) is 5.52. The number of carbonyl (C=O) groups is 1. The van der Waals surface area contributed by atoms with Crippen molar-refractivity contribution in [1.29, 1.82) is 0 Å². The zero-order chi connectivity index (χ0) is 13.8. The van der Waals surface area contributed by atoms with Crippen molar-refractivity contribution in [1.82, 2.24) is 9.88 Å². The molecule has 0 bridgehead atoms. The van der Waals surface area contributed by atoms with Gasteiger partial charge in [-0.05, 0) is 30.9 Å². The first-order valence-electron chi connectivity index (χ1n) is 6.22. The van der Waals surface area contributed by atoms with Gasteiger partial charge in [0.2, 0.25) is 0 Å². The molecule has 19 heavy (non-hydrogen) atoms. The van der Waals surface area contributed by atoms with Gasteiger partial charge < -0.3 is 9.64 Å². The van der Waals surface area contributed by atoms with Crippen LogP contribution in [0, 0.1) is 5.92 Å². The van der Waals surface area contributed by atoms with Crippen molar-refractivity contribution in [2.75, 3.05) is 26.8 Å². The molecule has 1 aliphatic rings. The van der Waals surface area contributed by atoms with E-state index in [9.17, 15) is 4.79 Å². The van der Waals surface area contributed by atoms with Crippen LogP contribution in [-0.4, -0.2) is 42.6 Å². The third-order valence-corrected chi connectivity index (χ3v) is 3.62. The van der Waals surface area contributed by atoms with E-state index in [1.807, 2.05) is 0 Å². The van der Waals surface area contributed by atoms with Gasteiger partial charge in [0.1, 0.15) is 10.3 Å². The Bertz CT molecular complexity index is 442. The summed E-state index contributed by atoms with van der Waals surface area (Å²) in [6.45, 7) is 2.28. The summed E-state index contributed by atoms with van der Waals surface area (Å²) in [7, 11) is 1.79. The number of rotatable bonds is 3. The van der Waals surface area contributed by atoms with Crippen LogP contribution in [0.15, 0.2) is 12.1 Å². The van der Waals surface area contributed by atoms with Crippen LogP contribution in [0.2, 0.25) is 10.3 Å². The first-order chi connectivity index (χ1) is 9.06. The standard InChI is InChI=1S/C13H16Cl2N2O2/c1-17(8-9-2-4-19-5-3-9)13(18)10-6-11(14)16-12(15)7-10/h6-7,9H,2-5,8H2,1H3. The summed E-state index contributed by atoms with van der Waals surface area (Å²) in [6.07, 6.45) is 1.99. The molecule has 1 saturated heterocycles. The number of amides is 1. The highest BCUT2D eigenvalue weighted by Crippen LogP contribution is 2.19. The lowest BCUT2D eigenvalue weighted by molar-refractivity contribution is 0.0497. The van der Waals surface area contributed by atoms with E-state index >= 15 is 0 Å². The van der Waals surface area contributed by atoms with Gasteiger partial charge in [-0.2, -0.15) is 0 Å². The summed E-state index contributed by atoms with van der Waals surface area (Å²) < 4.78 is 5.31. The smallest absolute Gasteiger partial charge is 0.253 e. The number of nitrogens with zero attached hydrogens (tertiary/aromatic N) is 2. The highest BCUT2D eigenvalue weighted by molar-refractivity contribution is 6.33. The van der Waals surface area contributed by atoms with Crippen molar-refractivity contribution in [3.8, 4) is 0 Å². The molecule has 0 N–H and O–H groups in total. The number of halogens is 2. The van der Waals surface area contributed by atoms with E-state index in [-0.39, 0.29) is 16.2 Å². The zero-order valence-electron chi connectivity index (χ0n) is 10.7. The van der Waals surface area contributed by atoms with Crippen LogP contribution < -0.4 is 0 Å². The largest absolute Gasteiger partial charge is 0.381 e. The predicted molar refractivity (Wildman–Crippen MR) is 74.8 cm³/mol.